The number of rotatable bonds is 3. The van der Waals surface area contributed by atoms with Crippen molar-refractivity contribution in [2.24, 2.45) is 5.14 Å². The van der Waals surface area contributed by atoms with Crippen LogP contribution in [-0.4, -0.2) is 14.3 Å². The van der Waals surface area contributed by atoms with Gasteiger partial charge in [0.2, 0.25) is 10.0 Å². The zero-order valence-electron chi connectivity index (χ0n) is 10.5. The molecule has 0 heterocycles. The predicted octanol–water partition coefficient (Wildman–Crippen LogP) is 3.11. The molecule has 0 aliphatic carbocycles. The van der Waals surface area contributed by atoms with Gasteiger partial charge in [0.15, 0.2) is 0 Å². The Kier molecular flexibility index (Phi) is 4.82. The highest BCUT2D eigenvalue weighted by Crippen LogP contribution is 2.26. The first-order valence-corrected chi connectivity index (χ1v) is 8.80. The first kappa shape index (κ1) is 16.2. The van der Waals surface area contributed by atoms with E-state index in [1.54, 1.807) is 18.2 Å². The van der Waals surface area contributed by atoms with Gasteiger partial charge in [0.25, 0.3) is 5.91 Å². The molecule has 0 aliphatic rings. The lowest BCUT2D eigenvalue weighted by Crippen LogP contribution is -2.14. The molecule has 2 aromatic rings. The summed E-state index contributed by atoms with van der Waals surface area (Å²) in [4.78, 5) is 12.1. The van der Waals surface area contributed by atoms with E-state index in [4.69, 9.17) is 5.14 Å². The summed E-state index contributed by atoms with van der Waals surface area (Å²) in [5.74, 6) is -0.305. The summed E-state index contributed by atoms with van der Waals surface area (Å²) in [5, 5.41) is 7.73. The molecule has 0 unspecified atom stereocenters. The highest BCUT2D eigenvalue weighted by atomic mass is 79.9. The molecule has 0 fully saturated rings. The zero-order chi connectivity index (χ0) is 15.6. The number of amides is 1. The van der Waals surface area contributed by atoms with Crippen LogP contribution in [0.4, 0.5) is 5.69 Å². The van der Waals surface area contributed by atoms with Crippen molar-refractivity contribution >= 4 is 53.5 Å². The number of anilines is 1. The van der Waals surface area contributed by atoms with Gasteiger partial charge in [0.1, 0.15) is 0 Å². The van der Waals surface area contributed by atoms with E-state index in [2.05, 4.69) is 37.2 Å². The molecule has 0 atom stereocenters. The van der Waals surface area contributed by atoms with Gasteiger partial charge in [0, 0.05) is 14.5 Å². The quantitative estimate of drug-likeness (QED) is 0.779. The van der Waals surface area contributed by atoms with E-state index >= 15 is 0 Å². The summed E-state index contributed by atoms with van der Waals surface area (Å²) < 4.78 is 23.7. The van der Waals surface area contributed by atoms with Crippen molar-refractivity contribution in [3.63, 3.8) is 0 Å². The number of nitrogens with two attached hydrogens (primary N) is 1. The summed E-state index contributed by atoms with van der Waals surface area (Å²) in [6, 6.07) is 11.1. The Morgan fingerprint density at radius 1 is 1.10 bits per heavy atom. The lowest BCUT2D eigenvalue weighted by atomic mass is 10.2. The van der Waals surface area contributed by atoms with E-state index in [-0.39, 0.29) is 10.8 Å². The number of halogens is 2. The van der Waals surface area contributed by atoms with Crippen LogP contribution in [0.15, 0.2) is 56.3 Å². The van der Waals surface area contributed by atoms with E-state index in [0.717, 1.165) is 4.47 Å². The maximum absolute atomic E-state index is 12.1. The van der Waals surface area contributed by atoms with Gasteiger partial charge >= 0.3 is 0 Å². The van der Waals surface area contributed by atoms with E-state index in [0.29, 0.717) is 15.7 Å². The van der Waals surface area contributed by atoms with Crippen LogP contribution < -0.4 is 10.5 Å². The molecule has 0 saturated heterocycles. The Labute approximate surface area is 138 Å². The molecule has 0 radical (unpaired) electrons. The topological polar surface area (TPSA) is 89.3 Å². The molecule has 3 N–H and O–H groups in total. The average molecular weight is 434 g/mol. The Balaban J connectivity index is 2.26. The number of sulfonamides is 1. The first-order chi connectivity index (χ1) is 9.77. The van der Waals surface area contributed by atoms with Crippen LogP contribution in [-0.2, 0) is 10.0 Å². The summed E-state index contributed by atoms with van der Waals surface area (Å²) >= 11 is 6.50. The van der Waals surface area contributed by atoms with Gasteiger partial charge in [-0.05, 0) is 52.3 Å². The highest BCUT2D eigenvalue weighted by Gasteiger charge is 2.13. The lowest BCUT2D eigenvalue weighted by Gasteiger charge is -2.09. The predicted molar refractivity (Wildman–Crippen MR) is 87.6 cm³/mol. The second-order valence-corrected chi connectivity index (χ2v) is 7.48. The Hall–Kier alpha value is -1.22. The normalized spacial score (nSPS) is 11.2. The van der Waals surface area contributed by atoms with E-state index in [9.17, 15) is 13.2 Å². The molecular formula is C13H10Br2N2O3S. The number of carbonyl (C=O) groups excluding carboxylic acids is 1. The molecule has 0 spiro atoms. The fraction of sp³-hybridized carbons (Fsp3) is 0. The molecule has 110 valence electrons. The zero-order valence-corrected chi connectivity index (χ0v) is 14.5. The van der Waals surface area contributed by atoms with Crippen molar-refractivity contribution in [3.8, 4) is 0 Å². The summed E-state index contributed by atoms with van der Waals surface area (Å²) in [6.07, 6.45) is 0. The highest BCUT2D eigenvalue weighted by molar-refractivity contribution is 9.10. The summed E-state index contributed by atoms with van der Waals surface area (Å²) in [6.45, 7) is 0. The van der Waals surface area contributed by atoms with E-state index < -0.39 is 10.0 Å². The molecular weight excluding hydrogens is 424 g/mol. The van der Waals surface area contributed by atoms with Gasteiger partial charge < -0.3 is 5.32 Å². The number of carbonyl (C=O) groups is 1. The maximum Gasteiger partial charge on any atom is 0.255 e. The average Bonchev–Trinajstić information content (AvgIpc) is 2.39. The van der Waals surface area contributed by atoms with Crippen molar-refractivity contribution in [2.75, 3.05) is 5.32 Å². The van der Waals surface area contributed by atoms with Gasteiger partial charge in [-0.15, -0.1) is 0 Å². The van der Waals surface area contributed by atoms with Gasteiger partial charge in [-0.3, -0.25) is 4.79 Å². The fourth-order valence-corrected chi connectivity index (χ4v) is 3.17. The number of hydrogen-bond acceptors (Lipinski definition) is 3. The molecule has 0 aliphatic heterocycles. The second-order valence-electron chi connectivity index (χ2n) is 4.15. The maximum atomic E-state index is 12.1. The molecule has 0 aromatic heterocycles. The van der Waals surface area contributed by atoms with Crippen molar-refractivity contribution < 1.29 is 13.2 Å². The Bertz CT molecular complexity index is 807. The van der Waals surface area contributed by atoms with Crippen LogP contribution in [0.5, 0.6) is 0 Å². The van der Waals surface area contributed by atoms with Crippen molar-refractivity contribution in [2.45, 2.75) is 4.90 Å². The third kappa shape index (κ3) is 4.13. The summed E-state index contributed by atoms with van der Waals surface area (Å²) in [7, 11) is -3.78. The minimum atomic E-state index is -3.78. The monoisotopic (exact) mass is 432 g/mol. The standard InChI is InChI=1S/C13H10Br2N2O3S/c14-9-3-1-2-8(6-9)13(18)17-12-5-4-10(7-11(12)15)21(16,19)20/h1-7H,(H,17,18)(H2,16,19,20). The smallest absolute Gasteiger partial charge is 0.255 e. The summed E-state index contributed by atoms with van der Waals surface area (Å²) in [5.41, 5.74) is 0.930. The number of benzene rings is 2. The minimum Gasteiger partial charge on any atom is -0.321 e. The van der Waals surface area contributed by atoms with E-state index in [1.807, 2.05) is 6.07 Å². The van der Waals surface area contributed by atoms with Crippen molar-refractivity contribution in [3.05, 3.63) is 57.0 Å². The molecule has 1 amide bonds. The number of hydrogen-bond donors (Lipinski definition) is 2. The van der Waals surface area contributed by atoms with Crippen molar-refractivity contribution in [1.29, 1.82) is 0 Å². The third-order valence-corrected chi connectivity index (χ3v) is 4.66. The SMILES string of the molecule is NS(=O)(=O)c1ccc(NC(=O)c2cccc(Br)c2)c(Br)c1. The Morgan fingerprint density at radius 2 is 1.81 bits per heavy atom. The number of primary sulfonamides is 1. The van der Waals surface area contributed by atoms with Crippen LogP contribution in [0, 0.1) is 0 Å². The first-order valence-electron chi connectivity index (χ1n) is 5.66. The molecule has 0 bridgehead atoms. The van der Waals surface area contributed by atoms with Crippen LogP contribution >= 0.6 is 31.9 Å². The van der Waals surface area contributed by atoms with Gasteiger partial charge in [-0.25, -0.2) is 13.6 Å². The van der Waals surface area contributed by atoms with Crippen LogP contribution in [0.2, 0.25) is 0 Å². The van der Waals surface area contributed by atoms with Gasteiger partial charge in [0.05, 0.1) is 10.6 Å². The molecule has 2 rings (SSSR count). The largest absolute Gasteiger partial charge is 0.321 e. The molecule has 21 heavy (non-hydrogen) atoms. The second kappa shape index (κ2) is 6.27. The lowest BCUT2D eigenvalue weighted by molar-refractivity contribution is 0.102. The molecule has 0 saturated carbocycles. The molecule has 5 nitrogen and oxygen atoms in total. The van der Waals surface area contributed by atoms with Crippen LogP contribution in [0.25, 0.3) is 0 Å². The van der Waals surface area contributed by atoms with Crippen LogP contribution in [0.3, 0.4) is 0 Å². The van der Waals surface area contributed by atoms with Crippen molar-refractivity contribution in [1.82, 2.24) is 0 Å². The molecule has 8 heteroatoms. The van der Waals surface area contributed by atoms with E-state index in [1.165, 1.54) is 18.2 Å². The fourth-order valence-electron chi connectivity index (χ4n) is 1.60. The Morgan fingerprint density at radius 3 is 2.38 bits per heavy atom. The third-order valence-electron chi connectivity index (χ3n) is 2.60. The molecule has 2 aromatic carbocycles. The van der Waals surface area contributed by atoms with Gasteiger partial charge in [-0.2, -0.15) is 0 Å². The van der Waals surface area contributed by atoms with Crippen LogP contribution in [0.1, 0.15) is 10.4 Å². The minimum absolute atomic E-state index is 0.0326. The van der Waals surface area contributed by atoms with Gasteiger partial charge in [-0.1, -0.05) is 22.0 Å². The number of nitrogens with one attached hydrogen (secondary N) is 1.